The Bertz CT molecular complexity index is 1560. The molecule has 11 nitrogen and oxygen atoms in total. The molecule has 3 heterocycles. The van der Waals surface area contributed by atoms with Gasteiger partial charge < -0.3 is 15.0 Å². The van der Waals surface area contributed by atoms with Crippen LogP contribution in [-0.4, -0.2) is 71.0 Å². The maximum atomic E-state index is 13.9. The molecule has 2 aromatic heterocycles. The fourth-order valence-corrected chi connectivity index (χ4v) is 4.53. The molecule has 0 saturated carbocycles. The lowest BCUT2D eigenvalue weighted by molar-refractivity contribution is -0.145. The molecule has 1 aliphatic rings. The largest absolute Gasteiger partial charge is 0.469 e. The van der Waals surface area contributed by atoms with Crippen LogP contribution in [0.5, 0.6) is 5.88 Å². The first-order valence-corrected chi connectivity index (χ1v) is 13.8. The minimum atomic E-state index is -4.83. The molecule has 1 fully saturated rings. The Hall–Kier alpha value is -4.28. The van der Waals surface area contributed by atoms with Gasteiger partial charge in [0.1, 0.15) is 17.3 Å². The van der Waals surface area contributed by atoms with Crippen LogP contribution in [-0.2, 0) is 16.0 Å². The van der Waals surface area contributed by atoms with Crippen LogP contribution in [0.15, 0.2) is 41.8 Å². The zero-order valence-corrected chi connectivity index (χ0v) is 22.0. The van der Waals surface area contributed by atoms with Gasteiger partial charge in [-0.05, 0) is 25.0 Å². The van der Waals surface area contributed by atoms with Crippen molar-refractivity contribution in [3.05, 3.63) is 65.4 Å². The molecule has 2 amide bonds. The third kappa shape index (κ3) is 7.08. The number of anilines is 1. The number of rotatable bonds is 7. The first-order valence-electron chi connectivity index (χ1n) is 11.9. The van der Waals surface area contributed by atoms with Crippen molar-refractivity contribution in [1.82, 2.24) is 24.8 Å². The minimum absolute atomic E-state index is 0.0490. The standard InChI is InChI=1S/C24H21F5N6O5S/c1-41(38,39)22-31-11-14(17(36)12-40-18-5-8-30-21(32-18)24(27,28)29)19(33-22)13-6-9-35(10-7-13)23(37)34-20-15(25)3-2-4-16(20)26/h2-5,8,11,13H,6-7,9-10,12H2,1H3,(H,34,37). The topological polar surface area (TPSA) is 144 Å². The third-order valence-corrected chi connectivity index (χ3v) is 6.89. The van der Waals surface area contributed by atoms with Crippen LogP contribution < -0.4 is 10.1 Å². The summed E-state index contributed by atoms with van der Waals surface area (Å²) in [6, 6.07) is 3.39. The number of likely N-dealkylation sites (tertiary alicyclic amines) is 1. The van der Waals surface area contributed by atoms with E-state index in [0.717, 1.165) is 42.9 Å². The number of amides is 2. The van der Waals surface area contributed by atoms with Crippen LogP contribution in [0.2, 0.25) is 0 Å². The highest BCUT2D eigenvalue weighted by molar-refractivity contribution is 7.90. The number of benzene rings is 1. The fourth-order valence-electron chi connectivity index (χ4n) is 4.02. The second-order valence-corrected chi connectivity index (χ2v) is 10.8. The lowest BCUT2D eigenvalue weighted by atomic mass is 9.90. The summed E-state index contributed by atoms with van der Waals surface area (Å²) in [7, 11) is -3.88. The highest BCUT2D eigenvalue weighted by atomic mass is 32.2. The monoisotopic (exact) mass is 600 g/mol. The van der Waals surface area contributed by atoms with Gasteiger partial charge in [-0.1, -0.05) is 6.07 Å². The predicted octanol–water partition coefficient (Wildman–Crippen LogP) is 3.64. The number of hydrogen-bond acceptors (Lipinski definition) is 9. The maximum Gasteiger partial charge on any atom is 0.451 e. The van der Waals surface area contributed by atoms with Crippen molar-refractivity contribution in [1.29, 1.82) is 0 Å². The summed E-state index contributed by atoms with van der Waals surface area (Å²) >= 11 is 0. The Labute approximate surface area is 229 Å². The molecular formula is C24H21F5N6O5S. The van der Waals surface area contributed by atoms with E-state index < -0.39 is 74.5 Å². The van der Waals surface area contributed by atoms with Crippen molar-refractivity contribution in [3.8, 4) is 5.88 Å². The second kappa shape index (κ2) is 11.7. The number of ketones is 1. The molecule has 1 N–H and O–H groups in total. The average Bonchev–Trinajstić information content (AvgIpc) is 2.92. The lowest BCUT2D eigenvalue weighted by Gasteiger charge is -2.32. The zero-order chi connectivity index (χ0) is 29.9. The van der Waals surface area contributed by atoms with Gasteiger partial charge in [0.2, 0.25) is 32.5 Å². The Balaban J connectivity index is 1.50. The van der Waals surface area contributed by atoms with Crippen molar-refractivity contribution in [2.45, 2.75) is 30.1 Å². The Morgan fingerprint density at radius 2 is 1.73 bits per heavy atom. The van der Waals surface area contributed by atoms with Gasteiger partial charge in [-0.15, -0.1) is 0 Å². The van der Waals surface area contributed by atoms with E-state index in [4.69, 9.17) is 4.74 Å². The van der Waals surface area contributed by atoms with Gasteiger partial charge in [0.05, 0.1) is 11.3 Å². The Morgan fingerprint density at radius 1 is 1.07 bits per heavy atom. The number of hydrogen-bond donors (Lipinski definition) is 1. The van der Waals surface area contributed by atoms with Crippen molar-refractivity contribution in [2.24, 2.45) is 0 Å². The molecule has 1 aliphatic heterocycles. The molecule has 3 aromatic rings. The molecule has 0 spiro atoms. The van der Waals surface area contributed by atoms with Gasteiger partial charge in [0, 0.05) is 43.7 Å². The van der Waals surface area contributed by atoms with Crippen molar-refractivity contribution < 1.29 is 44.7 Å². The number of para-hydroxylation sites is 1. The molecule has 41 heavy (non-hydrogen) atoms. The lowest BCUT2D eigenvalue weighted by Crippen LogP contribution is -2.41. The van der Waals surface area contributed by atoms with Crippen LogP contribution in [0.25, 0.3) is 0 Å². The van der Waals surface area contributed by atoms with E-state index >= 15 is 0 Å². The number of nitrogens with one attached hydrogen (secondary N) is 1. The van der Waals surface area contributed by atoms with Crippen molar-refractivity contribution in [3.63, 3.8) is 0 Å². The number of carbonyl (C=O) groups is 2. The van der Waals surface area contributed by atoms with E-state index in [0.29, 0.717) is 0 Å². The Kier molecular flexibility index (Phi) is 8.46. The second-order valence-electron chi connectivity index (χ2n) is 8.94. The number of sulfone groups is 1. The first-order chi connectivity index (χ1) is 19.2. The van der Waals surface area contributed by atoms with Gasteiger partial charge in [-0.25, -0.2) is 36.9 Å². The number of piperidine rings is 1. The van der Waals surface area contributed by atoms with Gasteiger partial charge in [-0.2, -0.15) is 18.2 Å². The van der Waals surface area contributed by atoms with Gasteiger partial charge in [0.15, 0.2) is 6.61 Å². The van der Waals surface area contributed by atoms with E-state index in [2.05, 4.69) is 25.3 Å². The number of halogens is 5. The maximum absolute atomic E-state index is 13.9. The highest BCUT2D eigenvalue weighted by Crippen LogP contribution is 2.31. The van der Waals surface area contributed by atoms with Crippen LogP contribution in [0, 0.1) is 11.6 Å². The molecular weight excluding hydrogens is 579 g/mol. The predicted molar refractivity (Wildman–Crippen MR) is 131 cm³/mol. The number of aromatic nitrogens is 4. The number of alkyl halides is 3. The molecule has 0 atom stereocenters. The SMILES string of the molecule is CS(=O)(=O)c1ncc(C(=O)COc2ccnc(C(F)(F)F)n2)c(C2CCN(C(=O)Nc3c(F)cccc3F)CC2)n1. The van der Waals surface area contributed by atoms with E-state index in [1.807, 2.05) is 0 Å². The van der Waals surface area contributed by atoms with E-state index in [-0.39, 0.29) is 37.2 Å². The third-order valence-electron chi connectivity index (χ3n) is 6.03. The van der Waals surface area contributed by atoms with Gasteiger partial charge in [-0.3, -0.25) is 4.79 Å². The van der Waals surface area contributed by atoms with Crippen LogP contribution in [0.4, 0.5) is 32.4 Å². The summed E-state index contributed by atoms with van der Waals surface area (Å²) in [4.78, 5) is 41.0. The first kappa shape index (κ1) is 29.7. The number of ether oxygens (including phenoxy) is 1. The zero-order valence-electron chi connectivity index (χ0n) is 21.2. The van der Waals surface area contributed by atoms with Crippen molar-refractivity contribution in [2.75, 3.05) is 31.3 Å². The molecule has 4 rings (SSSR count). The molecule has 0 bridgehead atoms. The number of Topliss-reactive ketones (excluding diaryl/α,β-unsaturated/α-hetero) is 1. The highest BCUT2D eigenvalue weighted by Gasteiger charge is 2.35. The molecule has 17 heteroatoms. The van der Waals surface area contributed by atoms with E-state index in [9.17, 15) is 40.0 Å². The molecule has 0 unspecified atom stereocenters. The Morgan fingerprint density at radius 3 is 2.34 bits per heavy atom. The quantitative estimate of drug-likeness (QED) is 0.244. The number of urea groups is 1. The summed E-state index contributed by atoms with van der Waals surface area (Å²) in [5.41, 5.74) is -0.682. The van der Waals surface area contributed by atoms with Crippen LogP contribution in [0.3, 0.4) is 0 Å². The van der Waals surface area contributed by atoms with E-state index in [1.54, 1.807) is 0 Å². The van der Waals surface area contributed by atoms with Crippen molar-refractivity contribution >= 4 is 27.3 Å². The minimum Gasteiger partial charge on any atom is -0.469 e. The van der Waals surface area contributed by atoms with Crippen LogP contribution >= 0.6 is 0 Å². The summed E-state index contributed by atoms with van der Waals surface area (Å²) in [6.07, 6.45) is -1.77. The smallest absolute Gasteiger partial charge is 0.451 e. The molecule has 1 aromatic carbocycles. The summed E-state index contributed by atoms with van der Waals surface area (Å²) in [5.74, 6) is -5.18. The van der Waals surface area contributed by atoms with Gasteiger partial charge in [0.25, 0.3) is 0 Å². The molecule has 218 valence electrons. The molecule has 1 saturated heterocycles. The van der Waals surface area contributed by atoms with Crippen LogP contribution in [0.1, 0.15) is 40.6 Å². The summed E-state index contributed by atoms with van der Waals surface area (Å²) in [6.45, 7) is -0.634. The molecule has 0 aliphatic carbocycles. The number of carbonyl (C=O) groups excluding carboxylic acids is 2. The molecule has 0 radical (unpaired) electrons. The normalized spacial score (nSPS) is 14.5. The fraction of sp³-hybridized carbons (Fsp3) is 0.333. The summed E-state index contributed by atoms with van der Waals surface area (Å²) < 4.78 is 95.7. The van der Waals surface area contributed by atoms with Gasteiger partial charge >= 0.3 is 12.2 Å². The van der Waals surface area contributed by atoms with E-state index in [1.165, 1.54) is 4.90 Å². The summed E-state index contributed by atoms with van der Waals surface area (Å²) in [5, 5.41) is 1.64. The average molecular weight is 601 g/mol. The number of nitrogens with zero attached hydrogens (tertiary/aromatic N) is 5.